The number of aromatic nitrogens is 1. The molecule has 2 atom stereocenters. The first-order valence-corrected chi connectivity index (χ1v) is 6.60. The van der Waals surface area contributed by atoms with Crippen LogP contribution in [0.4, 0.5) is 4.79 Å². The van der Waals surface area contributed by atoms with Gasteiger partial charge in [-0.3, -0.25) is 4.84 Å². The highest BCUT2D eigenvalue weighted by molar-refractivity contribution is 5.65. The van der Waals surface area contributed by atoms with Gasteiger partial charge in [-0.05, 0) is 12.1 Å². The first kappa shape index (κ1) is 12.8. The summed E-state index contributed by atoms with van der Waals surface area (Å²) in [6.45, 7) is 0. The van der Waals surface area contributed by atoms with Crippen molar-refractivity contribution >= 4 is 6.16 Å². The second kappa shape index (κ2) is 4.54. The third kappa shape index (κ3) is 1.76. The fourth-order valence-corrected chi connectivity index (χ4v) is 2.66. The summed E-state index contributed by atoms with van der Waals surface area (Å²) in [4.78, 5) is 16.6. The molecule has 2 aliphatic rings. The van der Waals surface area contributed by atoms with Crippen molar-refractivity contribution < 1.29 is 29.3 Å². The number of rotatable bonds is 2. The molecule has 2 aliphatic heterocycles. The molecule has 7 nitrogen and oxygen atoms in total. The van der Waals surface area contributed by atoms with Crippen LogP contribution in [0.5, 0.6) is 17.5 Å². The molecule has 112 valence electrons. The Morgan fingerprint density at radius 2 is 1.64 bits per heavy atom. The molecule has 2 aromatic rings. The zero-order chi connectivity index (χ0) is 15.3. The molecule has 0 amide bonds. The summed E-state index contributed by atoms with van der Waals surface area (Å²) in [5.74, 6) is -0.472. The molecule has 4 rings (SSSR count). The lowest BCUT2D eigenvalue weighted by molar-refractivity contribution is 0.0575. The van der Waals surface area contributed by atoms with Gasteiger partial charge in [0.05, 0.1) is 11.1 Å². The number of carbonyl (C=O) groups excluding carboxylic acids is 1. The smallest absolute Gasteiger partial charge is 0.492 e. The van der Waals surface area contributed by atoms with Gasteiger partial charge in [-0.25, -0.2) is 4.79 Å². The summed E-state index contributed by atoms with van der Waals surface area (Å²) in [6.07, 6.45) is 1.56. The molecule has 0 saturated carbocycles. The quantitative estimate of drug-likeness (QED) is 0.502. The number of carbonyl (C=O) groups is 1. The lowest BCUT2D eigenvalue weighted by Gasteiger charge is -2.09. The molecule has 1 aromatic heterocycles. The summed E-state index contributed by atoms with van der Waals surface area (Å²) in [7, 11) is 0. The van der Waals surface area contributed by atoms with Gasteiger partial charge in [0.25, 0.3) is 0 Å². The second-order valence-electron chi connectivity index (χ2n) is 4.89. The molecular weight excluding hydrogens is 290 g/mol. The summed E-state index contributed by atoms with van der Waals surface area (Å²) >= 11 is 0. The van der Waals surface area contributed by atoms with Crippen LogP contribution in [-0.4, -0.2) is 21.1 Å². The Morgan fingerprint density at radius 3 is 2.23 bits per heavy atom. The molecular formula is C15H11NO6. The van der Waals surface area contributed by atoms with E-state index in [0.717, 1.165) is 0 Å². The molecule has 0 radical (unpaired) electrons. The van der Waals surface area contributed by atoms with Gasteiger partial charge < -0.3 is 19.7 Å². The van der Waals surface area contributed by atoms with E-state index >= 15 is 0 Å². The fourth-order valence-electron chi connectivity index (χ4n) is 2.66. The van der Waals surface area contributed by atoms with Gasteiger partial charge in [-0.2, -0.15) is 0 Å². The van der Waals surface area contributed by atoms with Crippen molar-refractivity contribution in [3.63, 3.8) is 0 Å². The van der Waals surface area contributed by atoms with Gasteiger partial charge in [-0.15, -0.1) is 4.73 Å². The van der Waals surface area contributed by atoms with Crippen molar-refractivity contribution in [3.8, 4) is 17.5 Å². The van der Waals surface area contributed by atoms with Gasteiger partial charge in [0, 0.05) is 0 Å². The van der Waals surface area contributed by atoms with Crippen molar-refractivity contribution in [2.75, 3.05) is 0 Å². The summed E-state index contributed by atoms with van der Waals surface area (Å²) in [5, 5.41) is 20.2. The minimum Gasteiger partial charge on any atom is -0.492 e. The van der Waals surface area contributed by atoms with E-state index in [1.807, 2.05) is 0 Å². The van der Waals surface area contributed by atoms with Gasteiger partial charge in [0.2, 0.25) is 11.8 Å². The van der Waals surface area contributed by atoms with Crippen molar-refractivity contribution in [1.82, 2.24) is 4.73 Å². The lowest BCUT2D eigenvalue weighted by Crippen LogP contribution is -2.22. The third-order valence-electron chi connectivity index (χ3n) is 3.59. The minimum absolute atomic E-state index is 0.288. The molecule has 2 N–H and O–H groups in total. The Bertz CT molecular complexity index is 744. The van der Waals surface area contributed by atoms with Crippen LogP contribution >= 0.6 is 0 Å². The number of nitrogens with zero attached hydrogens (tertiary/aromatic N) is 1. The van der Waals surface area contributed by atoms with E-state index in [9.17, 15) is 15.0 Å². The normalized spacial score (nSPS) is 20.9. The van der Waals surface area contributed by atoms with E-state index in [0.29, 0.717) is 15.9 Å². The number of benzene rings is 1. The van der Waals surface area contributed by atoms with Crippen LogP contribution in [0.15, 0.2) is 42.5 Å². The van der Waals surface area contributed by atoms with E-state index in [1.165, 1.54) is 0 Å². The SMILES string of the molecule is O=C(Oc1ccccc1)On1c(O)c2c(c1O)C1C=CC2O1. The number of ether oxygens (including phenoxy) is 2. The van der Waals surface area contributed by atoms with Crippen LogP contribution < -0.4 is 9.57 Å². The topological polar surface area (TPSA) is 90.2 Å². The Morgan fingerprint density at radius 1 is 1.05 bits per heavy atom. The molecule has 2 bridgehead atoms. The lowest BCUT2D eigenvalue weighted by atomic mass is 10.0. The first-order chi connectivity index (χ1) is 10.6. The van der Waals surface area contributed by atoms with E-state index < -0.39 is 18.4 Å². The highest BCUT2D eigenvalue weighted by Gasteiger charge is 2.43. The number of para-hydroxylation sites is 1. The van der Waals surface area contributed by atoms with Crippen molar-refractivity contribution in [3.05, 3.63) is 53.6 Å². The van der Waals surface area contributed by atoms with Crippen LogP contribution in [0.3, 0.4) is 0 Å². The number of hydrogen-bond donors (Lipinski definition) is 2. The molecule has 0 fully saturated rings. The minimum atomic E-state index is -1.08. The number of aromatic hydroxyl groups is 2. The van der Waals surface area contributed by atoms with Gasteiger partial charge in [-0.1, -0.05) is 30.4 Å². The van der Waals surface area contributed by atoms with Crippen LogP contribution in [0, 0.1) is 0 Å². The maximum atomic E-state index is 11.8. The van der Waals surface area contributed by atoms with E-state index in [1.54, 1.807) is 42.5 Å². The monoisotopic (exact) mass is 301 g/mol. The summed E-state index contributed by atoms with van der Waals surface area (Å²) in [6, 6.07) is 8.32. The molecule has 22 heavy (non-hydrogen) atoms. The largest absolute Gasteiger partial charge is 0.539 e. The number of hydrogen-bond acceptors (Lipinski definition) is 6. The third-order valence-corrected chi connectivity index (χ3v) is 3.59. The second-order valence-corrected chi connectivity index (χ2v) is 4.89. The summed E-state index contributed by atoms with van der Waals surface area (Å²) < 4.78 is 11.1. The van der Waals surface area contributed by atoms with Crippen molar-refractivity contribution in [2.45, 2.75) is 12.2 Å². The molecule has 3 heterocycles. The molecule has 0 saturated heterocycles. The predicted molar refractivity (Wildman–Crippen MR) is 72.5 cm³/mol. The summed E-state index contributed by atoms with van der Waals surface area (Å²) in [5.41, 5.74) is 0.801. The van der Waals surface area contributed by atoms with Gasteiger partial charge in [0.15, 0.2) is 0 Å². The maximum Gasteiger partial charge on any atom is 0.539 e. The Labute approximate surface area is 124 Å². The predicted octanol–water partition coefficient (Wildman–Crippen LogP) is 2.21. The molecule has 0 spiro atoms. The highest BCUT2D eigenvalue weighted by Crippen LogP contribution is 2.54. The number of fused-ring (bicyclic) bond motifs is 5. The zero-order valence-electron chi connectivity index (χ0n) is 11.2. The average molecular weight is 301 g/mol. The van der Waals surface area contributed by atoms with Crippen molar-refractivity contribution in [1.29, 1.82) is 0 Å². The standard InChI is InChI=1S/C15H11NO6/c17-13-11-9-6-7-10(21-9)12(11)14(18)16(13)22-15(19)20-8-4-2-1-3-5-8/h1-7,9-10,17-18H. The Hall–Kier alpha value is -2.93. The Kier molecular flexibility index (Phi) is 2.64. The molecule has 1 aromatic carbocycles. The highest BCUT2D eigenvalue weighted by atomic mass is 16.8. The van der Waals surface area contributed by atoms with Crippen LogP contribution in [0.2, 0.25) is 0 Å². The Balaban J connectivity index is 1.59. The maximum absolute atomic E-state index is 11.8. The first-order valence-electron chi connectivity index (χ1n) is 6.60. The van der Waals surface area contributed by atoms with Crippen molar-refractivity contribution in [2.24, 2.45) is 0 Å². The van der Waals surface area contributed by atoms with E-state index in [2.05, 4.69) is 0 Å². The fraction of sp³-hybridized carbons (Fsp3) is 0.133. The molecule has 2 unspecified atom stereocenters. The van der Waals surface area contributed by atoms with Crippen LogP contribution in [0.1, 0.15) is 23.3 Å². The average Bonchev–Trinajstić information content (AvgIpc) is 3.18. The van der Waals surface area contributed by atoms with Gasteiger partial charge >= 0.3 is 6.16 Å². The van der Waals surface area contributed by atoms with Gasteiger partial charge in [0.1, 0.15) is 18.0 Å². The molecule has 0 aliphatic carbocycles. The van der Waals surface area contributed by atoms with E-state index in [4.69, 9.17) is 14.3 Å². The van der Waals surface area contributed by atoms with Crippen LogP contribution in [-0.2, 0) is 4.74 Å². The van der Waals surface area contributed by atoms with Crippen LogP contribution in [0.25, 0.3) is 0 Å². The molecule has 7 heteroatoms. The zero-order valence-corrected chi connectivity index (χ0v) is 11.2. The van der Waals surface area contributed by atoms with E-state index in [-0.39, 0.29) is 17.5 Å².